The van der Waals surface area contributed by atoms with Gasteiger partial charge in [-0.2, -0.15) is 0 Å². The molecule has 0 aliphatic carbocycles. The van der Waals surface area contributed by atoms with E-state index in [1.165, 1.54) is 10.5 Å². The molecule has 2 aliphatic heterocycles. The number of nitrogens with zero attached hydrogens (tertiary/aromatic N) is 1. The summed E-state index contributed by atoms with van der Waals surface area (Å²) in [7, 11) is 0. The molecule has 0 aromatic heterocycles. The molecule has 6 heteroatoms. The lowest BCUT2D eigenvalue weighted by Gasteiger charge is -2.36. The van der Waals surface area contributed by atoms with Crippen molar-refractivity contribution in [2.45, 2.75) is 36.7 Å². The van der Waals surface area contributed by atoms with Crippen molar-refractivity contribution in [2.75, 3.05) is 32.1 Å². The van der Waals surface area contributed by atoms with Gasteiger partial charge in [0.1, 0.15) is 0 Å². The monoisotopic (exact) mass is 398 g/mol. The quantitative estimate of drug-likeness (QED) is 0.845. The van der Waals surface area contributed by atoms with Crippen LogP contribution in [0.1, 0.15) is 31.4 Å². The van der Waals surface area contributed by atoms with Crippen LogP contribution < -0.4 is 5.32 Å². The van der Waals surface area contributed by atoms with Crippen molar-refractivity contribution in [3.8, 4) is 0 Å². The van der Waals surface area contributed by atoms with Crippen LogP contribution in [0.25, 0.3) is 0 Å². The maximum Gasteiger partial charge on any atom is 0.224 e. The Morgan fingerprint density at radius 2 is 2.39 bits per heavy atom. The van der Waals surface area contributed by atoms with Crippen LogP contribution >= 0.6 is 27.7 Å². The molecule has 0 spiro atoms. The van der Waals surface area contributed by atoms with E-state index in [9.17, 15) is 4.79 Å². The summed E-state index contributed by atoms with van der Waals surface area (Å²) in [4.78, 5) is 16.2. The molecule has 1 N–H and O–H groups in total. The molecule has 0 radical (unpaired) electrons. The summed E-state index contributed by atoms with van der Waals surface area (Å²) < 4.78 is 6.55. The largest absolute Gasteiger partial charge is 0.378 e. The molecule has 3 rings (SSSR count). The van der Waals surface area contributed by atoms with Crippen LogP contribution in [0.5, 0.6) is 0 Å². The van der Waals surface area contributed by atoms with E-state index in [1.54, 1.807) is 0 Å². The zero-order valence-corrected chi connectivity index (χ0v) is 15.8. The summed E-state index contributed by atoms with van der Waals surface area (Å²) in [6, 6.07) is 6.74. The highest BCUT2D eigenvalue weighted by atomic mass is 79.9. The Bertz CT molecular complexity index is 564. The number of carbonyl (C=O) groups excluding carboxylic acids is 1. The summed E-state index contributed by atoms with van der Waals surface area (Å²) in [6.07, 6.45) is 1.53. The lowest BCUT2D eigenvalue weighted by atomic mass is 10.0. The van der Waals surface area contributed by atoms with Gasteiger partial charge in [0, 0.05) is 40.7 Å². The number of morpholine rings is 1. The third-order valence-corrected chi connectivity index (χ3v) is 6.05. The van der Waals surface area contributed by atoms with E-state index < -0.39 is 0 Å². The number of halogens is 1. The van der Waals surface area contributed by atoms with Crippen molar-refractivity contribution >= 4 is 33.6 Å². The Kier molecular flexibility index (Phi) is 6.01. The predicted molar refractivity (Wildman–Crippen MR) is 96.8 cm³/mol. The predicted octanol–water partition coefficient (Wildman–Crippen LogP) is 3.21. The summed E-state index contributed by atoms with van der Waals surface area (Å²) in [5, 5.41) is 3.38. The van der Waals surface area contributed by atoms with Gasteiger partial charge < -0.3 is 15.0 Å². The van der Waals surface area contributed by atoms with Gasteiger partial charge in [0.2, 0.25) is 5.91 Å². The molecule has 1 amide bonds. The van der Waals surface area contributed by atoms with Gasteiger partial charge >= 0.3 is 0 Å². The van der Waals surface area contributed by atoms with Gasteiger partial charge in [-0.3, -0.25) is 4.79 Å². The Hall–Kier alpha value is -0.560. The van der Waals surface area contributed by atoms with E-state index in [1.807, 2.05) is 16.7 Å². The fourth-order valence-electron chi connectivity index (χ4n) is 3.32. The molecular formula is C17H23BrN2O2S. The smallest absolute Gasteiger partial charge is 0.224 e. The number of ether oxygens (including phenoxy) is 1. The highest BCUT2D eigenvalue weighted by Crippen LogP contribution is 2.40. The van der Waals surface area contributed by atoms with Crippen LogP contribution in [0.4, 0.5) is 0 Å². The average molecular weight is 399 g/mol. The molecule has 0 bridgehead atoms. The first-order valence-corrected chi connectivity index (χ1v) is 9.99. The van der Waals surface area contributed by atoms with Gasteiger partial charge in [-0.25, -0.2) is 0 Å². The summed E-state index contributed by atoms with van der Waals surface area (Å²) in [5.41, 5.74) is 1.28. The molecular weight excluding hydrogens is 376 g/mol. The fourth-order valence-corrected chi connectivity index (χ4v) is 4.79. The number of amides is 1. The Balaban J connectivity index is 1.75. The molecule has 23 heavy (non-hydrogen) atoms. The van der Waals surface area contributed by atoms with E-state index in [-0.39, 0.29) is 18.0 Å². The first-order chi connectivity index (χ1) is 11.2. The first kappa shape index (κ1) is 17.3. The van der Waals surface area contributed by atoms with Crippen LogP contribution in [0, 0.1) is 0 Å². The lowest BCUT2D eigenvalue weighted by molar-refractivity contribution is -0.134. The zero-order valence-electron chi connectivity index (χ0n) is 13.4. The molecule has 2 heterocycles. The standard InChI is InChI=1S/C17H23BrN2O2S/c1-2-20(17(21)10-13-11-22-7-6-19-13)15-5-8-23-16-4-3-12(18)9-14(15)16/h3-4,9,13,15,19H,2,5-8,10-11H2,1H3. The Morgan fingerprint density at radius 3 is 3.13 bits per heavy atom. The zero-order chi connectivity index (χ0) is 16.2. The maximum atomic E-state index is 12.8. The minimum absolute atomic E-state index is 0.144. The number of thioether (sulfide) groups is 1. The van der Waals surface area contributed by atoms with Gasteiger partial charge in [-0.05, 0) is 37.1 Å². The fraction of sp³-hybridized carbons (Fsp3) is 0.588. The summed E-state index contributed by atoms with van der Waals surface area (Å²) in [6.45, 7) is 5.02. The number of nitrogens with one attached hydrogen (secondary N) is 1. The van der Waals surface area contributed by atoms with Crippen molar-refractivity contribution in [2.24, 2.45) is 0 Å². The molecule has 1 saturated heterocycles. The van der Waals surface area contributed by atoms with E-state index in [4.69, 9.17) is 4.74 Å². The lowest BCUT2D eigenvalue weighted by Crippen LogP contribution is -2.46. The van der Waals surface area contributed by atoms with E-state index >= 15 is 0 Å². The minimum Gasteiger partial charge on any atom is -0.378 e. The van der Waals surface area contributed by atoms with Crippen LogP contribution in [-0.2, 0) is 9.53 Å². The molecule has 1 aromatic carbocycles. The van der Waals surface area contributed by atoms with Crippen molar-refractivity contribution < 1.29 is 9.53 Å². The summed E-state index contributed by atoms with van der Waals surface area (Å²) >= 11 is 5.45. The first-order valence-electron chi connectivity index (χ1n) is 8.22. The number of fused-ring (bicyclic) bond motifs is 1. The van der Waals surface area contributed by atoms with Crippen LogP contribution in [0.3, 0.4) is 0 Å². The van der Waals surface area contributed by atoms with E-state index in [0.29, 0.717) is 13.0 Å². The van der Waals surface area contributed by atoms with Crippen LogP contribution in [0.2, 0.25) is 0 Å². The van der Waals surface area contributed by atoms with E-state index in [0.717, 1.165) is 36.3 Å². The van der Waals surface area contributed by atoms with Gasteiger partial charge in [-0.15, -0.1) is 11.8 Å². The average Bonchev–Trinajstić information content (AvgIpc) is 2.57. The normalized spacial score (nSPS) is 24.1. The van der Waals surface area contributed by atoms with Gasteiger partial charge in [0.25, 0.3) is 0 Å². The number of rotatable bonds is 4. The Morgan fingerprint density at radius 1 is 1.52 bits per heavy atom. The maximum absolute atomic E-state index is 12.8. The minimum atomic E-state index is 0.144. The van der Waals surface area contributed by atoms with Crippen molar-refractivity contribution in [3.63, 3.8) is 0 Å². The number of benzene rings is 1. The SMILES string of the molecule is CCN(C(=O)CC1COCCN1)C1CCSc2ccc(Br)cc21. The molecule has 126 valence electrons. The molecule has 1 aromatic rings. The number of hydrogen-bond acceptors (Lipinski definition) is 4. The van der Waals surface area contributed by atoms with Gasteiger partial charge in [-0.1, -0.05) is 15.9 Å². The molecule has 4 nitrogen and oxygen atoms in total. The van der Waals surface area contributed by atoms with Crippen molar-refractivity contribution in [1.29, 1.82) is 0 Å². The third-order valence-electron chi connectivity index (χ3n) is 4.44. The molecule has 2 atom stereocenters. The van der Waals surface area contributed by atoms with Crippen LogP contribution in [0.15, 0.2) is 27.6 Å². The molecule has 1 fully saturated rings. The second kappa shape index (κ2) is 8.01. The molecule has 2 unspecified atom stereocenters. The Labute approximate surface area is 150 Å². The van der Waals surface area contributed by atoms with Crippen molar-refractivity contribution in [3.05, 3.63) is 28.2 Å². The van der Waals surface area contributed by atoms with E-state index in [2.05, 4.69) is 46.4 Å². The molecule has 2 aliphatic rings. The van der Waals surface area contributed by atoms with Crippen molar-refractivity contribution in [1.82, 2.24) is 10.2 Å². The number of hydrogen-bond donors (Lipinski definition) is 1. The van der Waals surface area contributed by atoms with Gasteiger partial charge in [0.05, 0.1) is 19.3 Å². The topological polar surface area (TPSA) is 41.6 Å². The van der Waals surface area contributed by atoms with Gasteiger partial charge in [0.15, 0.2) is 0 Å². The highest BCUT2D eigenvalue weighted by Gasteiger charge is 2.30. The second-order valence-electron chi connectivity index (χ2n) is 5.94. The summed E-state index contributed by atoms with van der Waals surface area (Å²) in [5.74, 6) is 1.28. The highest BCUT2D eigenvalue weighted by molar-refractivity contribution is 9.10. The second-order valence-corrected chi connectivity index (χ2v) is 8.00. The third kappa shape index (κ3) is 4.10. The number of carbonyl (C=O) groups is 1. The van der Waals surface area contributed by atoms with Crippen LogP contribution in [-0.4, -0.2) is 48.9 Å². The molecule has 0 saturated carbocycles.